The van der Waals surface area contributed by atoms with Crippen LogP contribution in [0.5, 0.6) is 0 Å². The average Bonchev–Trinajstić information content (AvgIpc) is 2.68. The summed E-state index contributed by atoms with van der Waals surface area (Å²) >= 11 is 0. The molecule has 31 heavy (non-hydrogen) atoms. The van der Waals surface area contributed by atoms with Crippen LogP contribution >= 0.6 is 0 Å². The lowest BCUT2D eigenvalue weighted by Crippen LogP contribution is -2.13. The lowest BCUT2D eigenvalue weighted by molar-refractivity contribution is -0.137. The summed E-state index contributed by atoms with van der Waals surface area (Å²) in [5.74, 6) is 0.491. The Morgan fingerprint density at radius 1 is 0.903 bits per heavy atom. The minimum absolute atomic E-state index is 0.0918. The highest BCUT2D eigenvalue weighted by molar-refractivity contribution is 5.66. The molecule has 3 aromatic rings. The van der Waals surface area contributed by atoms with Gasteiger partial charge in [0.05, 0.1) is 0 Å². The second kappa shape index (κ2) is 9.37. The Labute approximate surface area is 181 Å². The van der Waals surface area contributed by atoms with Crippen molar-refractivity contribution in [2.45, 2.75) is 46.2 Å². The van der Waals surface area contributed by atoms with Crippen molar-refractivity contribution >= 4 is 23.1 Å². The molecule has 3 rings (SSSR count). The van der Waals surface area contributed by atoms with Crippen LogP contribution in [0.4, 0.5) is 36.3 Å². The fourth-order valence-electron chi connectivity index (χ4n) is 3.31. The molecule has 0 saturated heterocycles. The summed E-state index contributed by atoms with van der Waals surface area (Å²) in [5, 5.41) is 5.87. The summed E-state index contributed by atoms with van der Waals surface area (Å²) in [6.45, 7) is 8.27. The Balaban J connectivity index is 1.91. The molecule has 0 aliphatic carbocycles. The number of hydrogen-bond donors (Lipinski definition) is 2. The summed E-state index contributed by atoms with van der Waals surface area (Å²) in [7, 11) is 0. The van der Waals surface area contributed by atoms with Gasteiger partial charge >= 0.3 is 6.18 Å². The van der Waals surface area contributed by atoms with E-state index in [1.165, 1.54) is 5.56 Å². The first-order valence-corrected chi connectivity index (χ1v) is 10.3. The molecule has 0 atom stereocenters. The van der Waals surface area contributed by atoms with E-state index in [-0.39, 0.29) is 17.7 Å². The number of hydrogen-bond acceptors (Lipinski definition) is 4. The molecule has 2 N–H and O–H groups in total. The van der Waals surface area contributed by atoms with Gasteiger partial charge in [-0.15, -0.1) is 0 Å². The van der Waals surface area contributed by atoms with Crippen LogP contribution in [0.25, 0.3) is 0 Å². The van der Waals surface area contributed by atoms with Gasteiger partial charge in [-0.2, -0.15) is 18.2 Å². The first-order chi connectivity index (χ1) is 14.6. The Kier molecular flexibility index (Phi) is 6.83. The number of halogens is 3. The van der Waals surface area contributed by atoms with E-state index in [0.717, 1.165) is 18.2 Å². The van der Waals surface area contributed by atoms with Gasteiger partial charge in [-0.25, -0.2) is 4.98 Å². The van der Waals surface area contributed by atoms with Crippen LogP contribution in [-0.4, -0.2) is 9.97 Å². The van der Waals surface area contributed by atoms with Gasteiger partial charge in [0.1, 0.15) is 11.4 Å². The van der Waals surface area contributed by atoms with E-state index in [4.69, 9.17) is 0 Å². The lowest BCUT2D eigenvalue weighted by Gasteiger charge is -2.18. The van der Waals surface area contributed by atoms with Gasteiger partial charge in [-0.05, 0) is 47.6 Å². The second-order valence-corrected chi connectivity index (χ2v) is 8.24. The summed E-state index contributed by atoms with van der Waals surface area (Å²) in [6.07, 6.45) is -2.81. The van der Waals surface area contributed by atoms with Gasteiger partial charge in [0, 0.05) is 17.6 Å². The third kappa shape index (κ3) is 5.96. The zero-order valence-electron chi connectivity index (χ0n) is 18.1. The fourth-order valence-corrected chi connectivity index (χ4v) is 3.31. The van der Waals surface area contributed by atoms with E-state index in [0.29, 0.717) is 17.3 Å². The van der Waals surface area contributed by atoms with Crippen molar-refractivity contribution < 1.29 is 13.2 Å². The van der Waals surface area contributed by atoms with E-state index in [1.54, 1.807) is 12.1 Å². The summed E-state index contributed by atoms with van der Waals surface area (Å²) < 4.78 is 40.7. The Morgan fingerprint density at radius 2 is 1.58 bits per heavy atom. The Hall–Kier alpha value is -3.09. The summed E-state index contributed by atoms with van der Waals surface area (Å²) in [4.78, 5) is 8.04. The van der Waals surface area contributed by atoms with Crippen molar-refractivity contribution in [3.8, 4) is 0 Å². The SMILES string of the molecule is CC(C)Cc1ccc(Nc2ncc(C(F)(F)F)c(Nc3ccccc3C(C)C)n2)cc1. The highest BCUT2D eigenvalue weighted by atomic mass is 19.4. The minimum Gasteiger partial charge on any atom is -0.339 e. The van der Waals surface area contributed by atoms with E-state index in [1.807, 2.05) is 50.2 Å². The molecule has 164 valence electrons. The second-order valence-electron chi connectivity index (χ2n) is 8.24. The number of para-hydroxylation sites is 1. The van der Waals surface area contributed by atoms with Crippen LogP contribution < -0.4 is 10.6 Å². The molecule has 0 spiro atoms. The van der Waals surface area contributed by atoms with Crippen LogP contribution in [0.3, 0.4) is 0 Å². The van der Waals surface area contributed by atoms with Crippen molar-refractivity contribution in [2.75, 3.05) is 10.6 Å². The molecule has 0 bridgehead atoms. The van der Waals surface area contributed by atoms with Crippen LogP contribution in [0, 0.1) is 5.92 Å². The van der Waals surface area contributed by atoms with Gasteiger partial charge in [-0.3, -0.25) is 0 Å². The molecule has 0 unspecified atom stereocenters. The fraction of sp³-hybridized carbons (Fsp3) is 0.333. The molecule has 4 nitrogen and oxygen atoms in total. The molecule has 0 amide bonds. The van der Waals surface area contributed by atoms with Crippen LogP contribution in [0.1, 0.15) is 50.3 Å². The zero-order chi connectivity index (χ0) is 22.6. The van der Waals surface area contributed by atoms with Gasteiger partial charge < -0.3 is 10.6 Å². The highest BCUT2D eigenvalue weighted by Crippen LogP contribution is 2.36. The normalized spacial score (nSPS) is 11.8. The van der Waals surface area contributed by atoms with Crippen molar-refractivity contribution in [2.24, 2.45) is 5.92 Å². The molecule has 0 saturated carbocycles. The first-order valence-electron chi connectivity index (χ1n) is 10.3. The zero-order valence-corrected chi connectivity index (χ0v) is 18.1. The summed E-state index contributed by atoms with van der Waals surface area (Å²) in [5.41, 5.74) is 2.49. The number of anilines is 4. The van der Waals surface area contributed by atoms with Gasteiger partial charge in [-0.1, -0.05) is 58.0 Å². The van der Waals surface area contributed by atoms with E-state index in [2.05, 4.69) is 34.4 Å². The number of nitrogens with one attached hydrogen (secondary N) is 2. The van der Waals surface area contributed by atoms with Gasteiger partial charge in [0.15, 0.2) is 0 Å². The number of rotatable bonds is 7. The van der Waals surface area contributed by atoms with Gasteiger partial charge in [0.2, 0.25) is 5.95 Å². The molecule has 2 aromatic carbocycles. The van der Waals surface area contributed by atoms with E-state index >= 15 is 0 Å². The van der Waals surface area contributed by atoms with Crippen molar-refractivity contribution in [1.29, 1.82) is 0 Å². The molecule has 7 heteroatoms. The predicted octanol–water partition coefficient (Wildman–Crippen LogP) is 7.30. The molecule has 0 aliphatic rings. The van der Waals surface area contributed by atoms with Crippen molar-refractivity contribution in [1.82, 2.24) is 9.97 Å². The number of alkyl halides is 3. The maximum atomic E-state index is 13.6. The monoisotopic (exact) mass is 428 g/mol. The maximum absolute atomic E-state index is 13.6. The largest absolute Gasteiger partial charge is 0.421 e. The topological polar surface area (TPSA) is 49.8 Å². The molecular formula is C24H27F3N4. The van der Waals surface area contributed by atoms with E-state index < -0.39 is 11.7 Å². The molecule has 0 fully saturated rings. The lowest BCUT2D eigenvalue weighted by atomic mass is 10.0. The van der Waals surface area contributed by atoms with Crippen LogP contribution in [0.15, 0.2) is 54.7 Å². The Bertz CT molecular complexity index is 1010. The van der Waals surface area contributed by atoms with E-state index in [9.17, 15) is 13.2 Å². The van der Waals surface area contributed by atoms with Crippen molar-refractivity contribution in [3.05, 3.63) is 71.4 Å². The molecule has 0 aliphatic heterocycles. The van der Waals surface area contributed by atoms with Gasteiger partial charge in [0.25, 0.3) is 0 Å². The predicted molar refractivity (Wildman–Crippen MR) is 119 cm³/mol. The molecular weight excluding hydrogens is 401 g/mol. The number of nitrogens with zero attached hydrogens (tertiary/aromatic N) is 2. The smallest absolute Gasteiger partial charge is 0.339 e. The number of aromatic nitrogens is 2. The minimum atomic E-state index is -4.58. The quantitative estimate of drug-likeness (QED) is 0.414. The molecule has 1 aromatic heterocycles. The Morgan fingerprint density at radius 3 is 2.19 bits per heavy atom. The average molecular weight is 429 g/mol. The van der Waals surface area contributed by atoms with Crippen molar-refractivity contribution in [3.63, 3.8) is 0 Å². The molecule has 0 radical (unpaired) electrons. The summed E-state index contributed by atoms with van der Waals surface area (Å²) in [6, 6.07) is 15.0. The standard InChI is InChI=1S/C24H27F3N4/c1-15(2)13-17-9-11-18(12-10-17)29-23-28-14-20(24(25,26)27)22(31-23)30-21-8-6-5-7-19(21)16(3)4/h5-12,14-16H,13H2,1-4H3,(H2,28,29,30,31). The highest BCUT2D eigenvalue weighted by Gasteiger charge is 2.35. The first kappa shape index (κ1) is 22.6. The number of benzene rings is 2. The van der Waals surface area contributed by atoms with Crippen LogP contribution in [-0.2, 0) is 12.6 Å². The third-order valence-electron chi connectivity index (χ3n) is 4.78. The molecule has 1 heterocycles. The van der Waals surface area contributed by atoms with Crippen LogP contribution in [0.2, 0.25) is 0 Å². The third-order valence-corrected chi connectivity index (χ3v) is 4.78. The maximum Gasteiger partial charge on any atom is 0.421 e.